The van der Waals surface area contributed by atoms with Crippen molar-refractivity contribution < 1.29 is 9.90 Å². The lowest BCUT2D eigenvalue weighted by molar-refractivity contribution is -0.116. The Balaban J connectivity index is 1.57. The van der Waals surface area contributed by atoms with Gasteiger partial charge in [-0.25, -0.2) is 0 Å². The van der Waals surface area contributed by atoms with Gasteiger partial charge in [0.1, 0.15) is 6.10 Å². The zero-order valence-electron chi connectivity index (χ0n) is 12.3. The molecule has 1 amide bonds. The van der Waals surface area contributed by atoms with Gasteiger partial charge in [-0.1, -0.05) is 24.3 Å². The number of fused-ring (bicyclic) bond motifs is 1. The second-order valence-electron chi connectivity index (χ2n) is 5.04. The summed E-state index contributed by atoms with van der Waals surface area (Å²) < 4.78 is 1.13. The molecule has 0 aliphatic heterocycles. The quantitative estimate of drug-likeness (QED) is 0.709. The zero-order valence-corrected chi connectivity index (χ0v) is 13.2. The SMILES string of the molecule is O=C(/C=C/c1ccccn1)NCC(O)c1cc2ccccc2s1. The molecular weight excluding hydrogens is 308 g/mol. The average Bonchev–Trinajstić information content (AvgIpc) is 3.03. The largest absolute Gasteiger partial charge is 0.386 e. The van der Waals surface area contributed by atoms with E-state index in [0.29, 0.717) is 5.69 Å². The average molecular weight is 324 g/mol. The highest BCUT2D eigenvalue weighted by molar-refractivity contribution is 7.19. The van der Waals surface area contributed by atoms with Crippen LogP contribution >= 0.6 is 11.3 Å². The predicted octanol–water partition coefficient (Wildman–Crippen LogP) is 3.16. The molecule has 1 atom stereocenters. The fourth-order valence-electron chi connectivity index (χ4n) is 2.16. The number of nitrogens with zero attached hydrogens (tertiary/aromatic N) is 1. The first-order chi connectivity index (χ1) is 11.2. The molecule has 23 heavy (non-hydrogen) atoms. The summed E-state index contributed by atoms with van der Waals surface area (Å²) in [6, 6.07) is 15.4. The minimum Gasteiger partial charge on any atom is -0.386 e. The van der Waals surface area contributed by atoms with Gasteiger partial charge in [0.2, 0.25) is 5.91 Å². The van der Waals surface area contributed by atoms with Crippen molar-refractivity contribution in [3.63, 3.8) is 0 Å². The molecule has 3 aromatic rings. The second-order valence-corrected chi connectivity index (χ2v) is 6.15. The van der Waals surface area contributed by atoms with Crippen molar-refractivity contribution >= 4 is 33.4 Å². The topological polar surface area (TPSA) is 62.2 Å². The van der Waals surface area contributed by atoms with Gasteiger partial charge in [-0.15, -0.1) is 11.3 Å². The van der Waals surface area contributed by atoms with Crippen LogP contribution in [0.3, 0.4) is 0 Å². The summed E-state index contributed by atoms with van der Waals surface area (Å²) in [6.45, 7) is 0.179. The molecule has 1 unspecified atom stereocenters. The number of aromatic nitrogens is 1. The van der Waals surface area contributed by atoms with Crippen LogP contribution in [-0.2, 0) is 4.79 Å². The van der Waals surface area contributed by atoms with Crippen molar-refractivity contribution in [1.82, 2.24) is 10.3 Å². The van der Waals surface area contributed by atoms with Crippen molar-refractivity contribution in [2.75, 3.05) is 6.54 Å². The van der Waals surface area contributed by atoms with E-state index in [1.807, 2.05) is 48.5 Å². The summed E-state index contributed by atoms with van der Waals surface area (Å²) in [5, 5.41) is 14.0. The van der Waals surface area contributed by atoms with Crippen LogP contribution in [0.15, 0.2) is 60.8 Å². The molecule has 0 saturated heterocycles. The van der Waals surface area contributed by atoms with E-state index in [0.717, 1.165) is 15.0 Å². The van der Waals surface area contributed by atoms with Gasteiger partial charge in [0.25, 0.3) is 0 Å². The van der Waals surface area contributed by atoms with Crippen molar-refractivity contribution in [2.24, 2.45) is 0 Å². The van der Waals surface area contributed by atoms with E-state index in [1.54, 1.807) is 12.3 Å². The van der Waals surface area contributed by atoms with Crippen LogP contribution in [0.1, 0.15) is 16.7 Å². The molecule has 0 radical (unpaired) electrons. The number of hydrogen-bond acceptors (Lipinski definition) is 4. The van der Waals surface area contributed by atoms with Gasteiger partial charge >= 0.3 is 0 Å². The van der Waals surface area contributed by atoms with Gasteiger partial charge in [0, 0.05) is 28.4 Å². The zero-order chi connectivity index (χ0) is 16.1. The highest BCUT2D eigenvalue weighted by atomic mass is 32.1. The van der Waals surface area contributed by atoms with Crippen molar-refractivity contribution in [3.05, 3.63) is 71.4 Å². The van der Waals surface area contributed by atoms with Gasteiger partial charge in [-0.2, -0.15) is 0 Å². The Kier molecular flexibility index (Phi) is 4.80. The summed E-state index contributed by atoms with van der Waals surface area (Å²) in [6.07, 6.45) is 4.02. The summed E-state index contributed by atoms with van der Waals surface area (Å²) in [5.74, 6) is -0.254. The summed E-state index contributed by atoms with van der Waals surface area (Å²) in [5.41, 5.74) is 0.715. The first kappa shape index (κ1) is 15.4. The van der Waals surface area contributed by atoms with Crippen molar-refractivity contribution in [1.29, 1.82) is 0 Å². The number of rotatable bonds is 5. The lowest BCUT2D eigenvalue weighted by atomic mass is 10.2. The number of aliphatic hydroxyl groups is 1. The maximum Gasteiger partial charge on any atom is 0.244 e. The molecule has 0 aliphatic carbocycles. The van der Waals surface area contributed by atoms with Crippen LogP contribution in [0, 0.1) is 0 Å². The molecule has 116 valence electrons. The number of benzene rings is 1. The highest BCUT2D eigenvalue weighted by Crippen LogP contribution is 2.29. The van der Waals surface area contributed by atoms with E-state index < -0.39 is 6.10 Å². The third-order valence-electron chi connectivity index (χ3n) is 3.34. The minimum absolute atomic E-state index is 0.179. The summed E-state index contributed by atoms with van der Waals surface area (Å²) in [7, 11) is 0. The number of aliphatic hydroxyl groups excluding tert-OH is 1. The molecule has 4 nitrogen and oxygen atoms in total. The van der Waals surface area contributed by atoms with E-state index in [-0.39, 0.29) is 12.5 Å². The molecule has 1 aromatic carbocycles. The normalized spacial score (nSPS) is 12.6. The lowest BCUT2D eigenvalue weighted by Gasteiger charge is -2.08. The Morgan fingerprint density at radius 3 is 2.87 bits per heavy atom. The van der Waals surface area contributed by atoms with Gasteiger partial charge in [0.05, 0.1) is 5.69 Å². The fourth-order valence-corrected chi connectivity index (χ4v) is 3.21. The van der Waals surface area contributed by atoms with Gasteiger partial charge in [-0.05, 0) is 35.7 Å². The summed E-state index contributed by atoms with van der Waals surface area (Å²) >= 11 is 1.54. The highest BCUT2D eigenvalue weighted by Gasteiger charge is 2.11. The van der Waals surface area contributed by atoms with Crippen molar-refractivity contribution in [2.45, 2.75) is 6.10 Å². The van der Waals surface area contributed by atoms with E-state index in [4.69, 9.17) is 0 Å². The maximum atomic E-state index is 11.8. The standard InChI is InChI=1S/C18H16N2O2S/c21-15(17-11-13-5-1-2-7-16(13)23-17)12-20-18(22)9-8-14-6-3-4-10-19-14/h1-11,15,21H,12H2,(H,20,22)/b9-8+. The van der Waals surface area contributed by atoms with E-state index in [1.165, 1.54) is 17.4 Å². The molecular formula is C18H16N2O2S. The Hall–Kier alpha value is -2.50. The number of nitrogens with one attached hydrogen (secondary N) is 1. The Morgan fingerprint density at radius 2 is 2.09 bits per heavy atom. The Morgan fingerprint density at radius 1 is 1.26 bits per heavy atom. The lowest BCUT2D eigenvalue weighted by Crippen LogP contribution is -2.26. The second kappa shape index (κ2) is 7.17. The van der Waals surface area contributed by atoms with E-state index in [9.17, 15) is 9.90 Å². The molecule has 0 saturated carbocycles. The minimum atomic E-state index is -0.709. The van der Waals surface area contributed by atoms with Crippen molar-refractivity contribution in [3.8, 4) is 0 Å². The van der Waals surface area contributed by atoms with Gasteiger partial charge in [-0.3, -0.25) is 9.78 Å². The molecule has 0 aliphatic rings. The van der Waals surface area contributed by atoms with E-state index in [2.05, 4.69) is 10.3 Å². The number of hydrogen-bond donors (Lipinski definition) is 2. The smallest absolute Gasteiger partial charge is 0.244 e. The molecule has 0 spiro atoms. The fraction of sp³-hybridized carbons (Fsp3) is 0.111. The van der Waals surface area contributed by atoms with Crippen LogP contribution in [0.2, 0.25) is 0 Å². The monoisotopic (exact) mass is 324 g/mol. The molecule has 3 rings (SSSR count). The molecule has 0 fully saturated rings. The van der Waals surface area contributed by atoms with Gasteiger partial charge in [0.15, 0.2) is 0 Å². The Labute approximate surface area is 138 Å². The molecule has 0 bridgehead atoms. The van der Waals surface area contributed by atoms with Crippen LogP contribution < -0.4 is 5.32 Å². The number of thiophene rings is 1. The number of carbonyl (C=O) groups excluding carboxylic acids is 1. The number of carbonyl (C=O) groups is 1. The first-order valence-corrected chi connectivity index (χ1v) is 8.07. The van der Waals surface area contributed by atoms with Crippen LogP contribution in [0.5, 0.6) is 0 Å². The molecule has 2 N–H and O–H groups in total. The van der Waals surface area contributed by atoms with Crippen LogP contribution in [0.4, 0.5) is 0 Å². The van der Waals surface area contributed by atoms with Crippen LogP contribution in [0.25, 0.3) is 16.2 Å². The molecule has 2 aromatic heterocycles. The summed E-state index contributed by atoms with van der Waals surface area (Å²) in [4.78, 5) is 16.7. The number of amides is 1. The predicted molar refractivity (Wildman–Crippen MR) is 93.1 cm³/mol. The first-order valence-electron chi connectivity index (χ1n) is 7.26. The Bertz CT molecular complexity index is 794. The third kappa shape index (κ3) is 4.03. The van der Waals surface area contributed by atoms with Crippen LogP contribution in [-0.4, -0.2) is 22.5 Å². The molecule has 2 heterocycles. The third-order valence-corrected chi connectivity index (χ3v) is 4.55. The van der Waals surface area contributed by atoms with Gasteiger partial charge < -0.3 is 10.4 Å². The maximum absolute atomic E-state index is 11.8. The van der Waals surface area contributed by atoms with E-state index >= 15 is 0 Å². The molecule has 5 heteroatoms. The number of pyridine rings is 1.